The van der Waals surface area contributed by atoms with Crippen LogP contribution in [-0.4, -0.2) is 48.9 Å². The quantitative estimate of drug-likeness (QED) is 0.837. The second-order valence-electron chi connectivity index (χ2n) is 6.35. The molecular formula is C18H23N3O2. The molecule has 5 nitrogen and oxygen atoms in total. The maximum atomic E-state index is 12.1. The summed E-state index contributed by atoms with van der Waals surface area (Å²) >= 11 is 0. The van der Waals surface area contributed by atoms with Gasteiger partial charge in [-0.15, -0.1) is 0 Å². The Morgan fingerprint density at radius 1 is 1.22 bits per heavy atom. The summed E-state index contributed by atoms with van der Waals surface area (Å²) in [5, 5.41) is 3.13. The summed E-state index contributed by atoms with van der Waals surface area (Å²) in [6, 6.07) is 10.5. The van der Waals surface area contributed by atoms with E-state index in [-0.39, 0.29) is 23.8 Å². The van der Waals surface area contributed by atoms with Gasteiger partial charge in [0.05, 0.1) is 0 Å². The highest BCUT2D eigenvalue weighted by atomic mass is 16.2. The number of para-hydroxylation sites is 1. The van der Waals surface area contributed by atoms with Gasteiger partial charge in [0.25, 0.3) is 0 Å². The number of benzene rings is 1. The lowest BCUT2D eigenvalue weighted by Crippen LogP contribution is -2.51. The first kappa shape index (κ1) is 15.6. The SMILES string of the molecule is C=CC(=O)N1CC(CC(=O)NC2CCN(c3ccccc3)C2)C1. The Kier molecular flexibility index (Phi) is 4.65. The van der Waals surface area contributed by atoms with E-state index in [9.17, 15) is 9.59 Å². The van der Waals surface area contributed by atoms with E-state index in [0.717, 1.165) is 19.5 Å². The molecule has 1 aromatic rings. The monoisotopic (exact) mass is 313 g/mol. The highest BCUT2D eigenvalue weighted by Crippen LogP contribution is 2.21. The Morgan fingerprint density at radius 3 is 2.65 bits per heavy atom. The maximum absolute atomic E-state index is 12.1. The van der Waals surface area contributed by atoms with E-state index in [1.165, 1.54) is 11.8 Å². The molecule has 0 radical (unpaired) electrons. The second-order valence-corrected chi connectivity index (χ2v) is 6.35. The molecule has 2 aliphatic heterocycles. The van der Waals surface area contributed by atoms with Gasteiger partial charge >= 0.3 is 0 Å². The van der Waals surface area contributed by atoms with Gasteiger partial charge in [-0.2, -0.15) is 0 Å². The van der Waals surface area contributed by atoms with Gasteiger partial charge in [-0.1, -0.05) is 24.8 Å². The summed E-state index contributed by atoms with van der Waals surface area (Å²) in [6.07, 6.45) is 2.81. The average Bonchev–Trinajstić information content (AvgIpc) is 2.99. The van der Waals surface area contributed by atoms with Crippen LogP contribution in [0.15, 0.2) is 43.0 Å². The van der Waals surface area contributed by atoms with Gasteiger partial charge < -0.3 is 15.1 Å². The molecule has 0 aromatic heterocycles. The molecule has 0 bridgehead atoms. The van der Waals surface area contributed by atoms with Crippen molar-refractivity contribution in [2.75, 3.05) is 31.1 Å². The Balaban J connectivity index is 1.40. The van der Waals surface area contributed by atoms with Gasteiger partial charge in [0.2, 0.25) is 11.8 Å². The molecule has 2 aliphatic rings. The third-order valence-corrected chi connectivity index (χ3v) is 4.59. The molecule has 1 N–H and O–H groups in total. The van der Waals surface area contributed by atoms with E-state index in [4.69, 9.17) is 0 Å². The van der Waals surface area contributed by atoms with Crippen molar-refractivity contribution in [2.45, 2.75) is 18.9 Å². The lowest BCUT2D eigenvalue weighted by atomic mass is 9.95. The highest BCUT2D eigenvalue weighted by molar-refractivity contribution is 5.87. The molecule has 5 heteroatoms. The number of rotatable bonds is 5. The predicted octanol–water partition coefficient (Wildman–Crippen LogP) is 1.42. The summed E-state index contributed by atoms with van der Waals surface area (Å²) in [4.78, 5) is 27.5. The predicted molar refractivity (Wildman–Crippen MR) is 90.1 cm³/mol. The van der Waals surface area contributed by atoms with E-state index in [2.05, 4.69) is 28.9 Å². The van der Waals surface area contributed by atoms with Crippen molar-refractivity contribution in [1.29, 1.82) is 0 Å². The summed E-state index contributed by atoms with van der Waals surface area (Å²) < 4.78 is 0. The largest absolute Gasteiger partial charge is 0.369 e. The zero-order valence-electron chi connectivity index (χ0n) is 13.3. The first-order valence-electron chi connectivity index (χ1n) is 8.16. The maximum Gasteiger partial charge on any atom is 0.245 e. The molecule has 2 fully saturated rings. The molecule has 1 unspecified atom stereocenters. The molecule has 0 spiro atoms. The molecule has 2 amide bonds. The van der Waals surface area contributed by atoms with E-state index < -0.39 is 0 Å². The van der Waals surface area contributed by atoms with Crippen LogP contribution < -0.4 is 10.2 Å². The molecule has 0 aliphatic carbocycles. The number of carbonyl (C=O) groups excluding carboxylic acids is 2. The van der Waals surface area contributed by atoms with Crippen LogP contribution in [-0.2, 0) is 9.59 Å². The van der Waals surface area contributed by atoms with Crippen molar-refractivity contribution in [1.82, 2.24) is 10.2 Å². The normalized spacial score (nSPS) is 21.0. The number of anilines is 1. The zero-order chi connectivity index (χ0) is 16.2. The van der Waals surface area contributed by atoms with Crippen LogP contribution >= 0.6 is 0 Å². The smallest absolute Gasteiger partial charge is 0.245 e. The fourth-order valence-electron chi connectivity index (χ4n) is 3.31. The summed E-state index contributed by atoms with van der Waals surface area (Å²) in [7, 11) is 0. The van der Waals surface area contributed by atoms with Crippen LogP contribution in [0, 0.1) is 5.92 Å². The first-order valence-corrected chi connectivity index (χ1v) is 8.16. The molecule has 3 rings (SSSR count). The van der Waals surface area contributed by atoms with Crippen LogP contribution in [0.3, 0.4) is 0 Å². The van der Waals surface area contributed by atoms with Crippen LogP contribution in [0.5, 0.6) is 0 Å². The number of carbonyl (C=O) groups is 2. The fraction of sp³-hybridized carbons (Fsp3) is 0.444. The summed E-state index contributed by atoms with van der Waals surface area (Å²) in [5.74, 6) is 0.335. The van der Waals surface area contributed by atoms with Crippen molar-refractivity contribution >= 4 is 17.5 Å². The Hall–Kier alpha value is -2.30. The molecule has 23 heavy (non-hydrogen) atoms. The van der Waals surface area contributed by atoms with Crippen LogP contribution in [0.25, 0.3) is 0 Å². The van der Waals surface area contributed by atoms with Crippen molar-refractivity contribution in [3.05, 3.63) is 43.0 Å². The van der Waals surface area contributed by atoms with E-state index in [1.807, 2.05) is 18.2 Å². The zero-order valence-corrected chi connectivity index (χ0v) is 13.3. The Bertz CT molecular complexity index is 581. The average molecular weight is 313 g/mol. The minimum absolute atomic E-state index is 0.0454. The number of amides is 2. The number of likely N-dealkylation sites (tertiary alicyclic amines) is 1. The van der Waals surface area contributed by atoms with Crippen molar-refractivity contribution in [3.63, 3.8) is 0 Å². The van der Waals surface area contributed by atoms with Crippen LogP contribution in [0.1, 0.15) is 12.8 Å². The van der Waals surface area contributed by atoms with Crippen LogP contribution in [0.2, 0.25) is 0 Å². The van der Waals surface area contributed by atoms with Crippen molar-refractivity contribution in [3.8, 4) is 0 Å². The Morgan fingerprint density at radius 2 is 1.96 bits per heavy atom. The lowest BCUT2D eigenvalue weighted by Gasteiger charge is -2.38. The van der Waals surface area contributed by atoms with Crippen LogP contribution in [0.4, 0.5) is 5.69 Å². The third kappa shape index (κ3) is 3.73. The van der Waals surface area contributed by atoms with Gasteiger partial charge in [-0.3, -0.25) is 9.59 Å². The standard InChI is InChI=1S/C18H23N3O2/c1-2-18(23)21-11-14(12-21)10-17(22)19-15-8-9-20(13-15)16-6-4-3-5-7-16/h2-7,14-15H,1,8-13H2,(H,19,22). The molecule has 0 saturated carbocycles. The fourth-order valence-corrected chi connectivity index (χ4v) is 3.31. The minimum atomic E-state index is -0.0454. The molecule has 1 atom stereocenters. The highest BCUT2D eigenvalue weighted by Gasteiger charge is 2.32. The molecular weight excluding hydrogens is 290 g/mol. The van der Waals surface area contributed by atoms with Gasteiger partial charge in [0.1, 0.15) is 0 Å². The Labute approximate surface area is 137 Å². The third-order valence-electron chi connectivity index (χ3n) is 4.59. The number of nitrogens with one attached hydrogen (secondary N) is 1. The van der Waals surface area contributed by atoms with E-state index in [1.54, 1.807) is 4.90 Å². The van der Waals surface area contributed by atoms with Gasteiger partial charge in [0.15, 0.2) is 0 Å². The topological polar surface area (TPSA) is 52.7 Å². The first-order chi connectivity index (χ1) is 11.2. The van der Waals surface area contributed by atoms with Crippen molar-refractivity contribution < 1.29 is 9.59 Å². The minimum Gasteiger partial charge on any atom is -0.369 e. The molecule has 1 aromatic carbocycles. The second kappa shape index (κ2) is 6.86. The number of hydrogen-bond acceptors (Lipinski definition) is 3. The summed E-state index contributed by atoms with van der Waals surface area (Å²) in [6.45, 7) is 6.64. The van der Waals surface area contributed by atoms with Crippen molar-refractivity contribution in [2.24, 2.45) is 5.92 Å². The molecule has 2 saturated heterocycles. The van der Waals surface area contributed by atoms with E-state index >= 15 is 0 Å². The van der Waals surface area contributed by atoms with E-state index in [0.29, 0.717) is 19.5 Å². The summed E-state index contributed by atoms with van der Waals surface area (Å²) in [5.41, 5.74) is 1.21. The number of hydrogen-bond donors (Lipinski definition) is 1. The van der Waals surface area contributed by atoms with Gasteiger partial charge in [-0.25, -0.2) is 0 Å². The molecule has 2 heterocycles. The van der Waals surface area contributed by atoms with Gasteiger partial charge in [-0.05, 0) is 24.6 Å². The number of nitrogens with zero attached hydrogens (tertiary/aromatic N) is 2. The lowest BCUT2D eigenvalue weighted by molar-refractivity contribution is -0.135. The molecule has 122 valence electrons. The van der Waals surface area contributed by atoms with Gasteiger partial charge in [0, 0.05) is 50.2 Å².